The van der Waals surface area contributed by atoms with Crippen LogP contribution in [0.1, 0.15) is 0 Å². The Hall–Kier alpha value is -9.33. The lowest BCUT2D eigenvalue weighted by Crippen LogP contribution is -2.07. The molecule has 0 bridgehead atoms. The molecule has 0 atom stereocenters. The van der Waals surface area contributed by atoms with E-state index in [0.717, 1.165) is 99.6 Å². The van der Waals surface area contributed by atoms with Gasteiger partial charge in [0.15, 0.2) is 17.5 Å². The van der Waals surface area contributed by atoms with Crippen LogP contribution < -0.4 is 0 Å². The summed E-state index contributed by atoms with van der Waals surface area (Å²) in [7, 11) is 0. The Morgan fingerprint density at radius 3 is 1.32 bits per heavy atom. The smallest absolute Gasteiger partial charge is 0.238 e. The first kappa shape index (κ1) is 39.1. The van der Waals surface area contributed by atoms with Gasteiger partial charge in [-0.1, -0.05) is 200 Å². The van der Waals surface area contributed by atoms with Gasteiger partial charge in [-0.3, -0.25) is 4.57 Å². The summed E-state index contributed by atoms with van der Waals surface area (Å²) in [4.78, 5) is 26.2. The van der Waals surface area contributed by atoms with Gasteiger partial charge >= 0.3 is 0 Å². The zero-order chi connectivity index (χ0) is 45.0. The first-order chi connectivity index (χ1) is 33.7. The minimum Gasteiger partial charge on any atom is -0.307 e. The summed E-state index contributed by atoms with van der Waals surface area (Å²) in [5.41, 5.74) is 13.8. The highest BCUT2D eigenvalue weighted by Gasteiger charge is 2.24. The van der Waals surface area contributed by atoms with Crippen molar-refractivity contribution < 1.29 is 0 Å². The van der Waals surface area contributed by atoms with E-state index in [1.165, 1.54) is 0 Å². The average molecular weight is 870 g/mol. The number of para-hydroxylation sites is 2. The maximum Gasteiger partial charge on any atom is 0.238 e. The summed E-state index contributed by atoms with van der Waals surface area (Å²) in [6.45, 7) is 0. The van der Waals surface area contributed by atoms with E-state index in [0.29, 0.717) is 23.4 Å². The lowest BCUT2D eigenvalue weighted by molar-refractivity contribution is 0.953. The van der Waals surface area contributed by atoms with E-state index in [1.807, 2.05) is 60.7 Å². The fourth-order valence-corrected chi connectivity index (χ4v) is 9.63. The molecule has 13 aromatic rings. The lowest BCUT2D eigenvalue weighted by atomic mass is 10.0. The van der Waals surface area contributed by atoms with Gasteiger partial charge in [0.25, 0.3) is 0 Å². The molecule has 318 valence electrons. The molecule has 68 heavy (non-hydrogen) atoms. The predicted molar refractivity (Wildman–Crippen MR) is 277 cm³/mol. The van der Waals surface area contributed by atoms with E-state index in [1.54, 1.807) is 0 Å². The summed E-state index contributed by atoms with van der Waals surface area (Å²) >= 11 is 0. The third-order valence-corrected chi connectivity index (χ3v) is 12.8. The largest absolute Gasteiger partial charge is 0.307 e. The number of rotatable bonds is 8. The standard InChI is InChI=1S/C61H39N7/c1-5-19-40(20-6-1)44-27-17-29-46(37-44)60-64-59(43-25-11-4-12-26-43)65-61(66-60)68-55-34-16-14-32-49(55)51-36-35-50-48-31-13-15-33-54(48)67(56(50)57(51)68)47-30-18-28-45(38-47)53-39-52(41-21-7-2-8-22-41)62-58(63-53)42-23-9-3-10-24-42/h1-39H. The van der Waals surface area contributed by atoms with Crippen LogP contribution in [0.25, 0.3) is 123 Å². The van der Waals surface area contributed by atoms with Crippen molar-refractivity contribution in [3.63, 3.8) is 0 Å². The van der Waals surface area contributed by atoms with Crippen molar-refractivity contribution in [1.29, 1.82) is 0 Å². The van der Waals surface area contributed by atoms with Crippen LogP contribution in [0.3, 0.4) is 0 Å². The second-order valence-corrected chi connectivity index (χ2v) is 16.9. The summed E-state index contributed by atoms with van der Waals surface area (Å²) in [5.74, 6) is 2.39. The second-order valence-electron chi connectivity index (χ2n) is 16.9. The predicted octanol–water partition coefficient (Wildman–Crippen LogP) is 14.9. The molecule has 9 aromatic carbocycles. The van der Waals surface area contributed by atoms with Gasteiger partial charge < -0.3 is 4.57 Å². The maximum absolute atomic E-state index is 5.41. The molecule has 0 aliphatic carbocycles. The van der Waals surface area contributed by atoms with E-state index in [9.17, 15) is 0 Å². The highest BCUT2D eigenvalue weighted by Crippen LogP contribution is 2.42. The monoisotopic (exact) mass is 869 g/mol. The number of nitrogens with zero attached hydrogens (tertiary/aromatic N) is 7. The van der Waals surface area contributed by atoms with Crippen LogP contribution in [0, 0.1) is 0 Å². The van der Waals surface area contributed by atoms with E-state index in [-0.39, 0.29) is 0 Å². The minimum atomic E-state index is 0.533. The number of hydrogen-bond donors (Lipinski definition) is 0. The number of benzene rings is 9. The first-order valence-corrected chi connectivity index (χ1v) is 22.8. The van der Waals surface area contributed by atoms with Gasteiger partial charge in [0.2, 0.25) is 5.95 Å². The molecule has 0 fully saturated rings. The molecule has 0 amide bonds. The maximum atomic E-state index is 5.41. The Kier molecular flexibility index (Phi) is 9.35. The number of hydrogen-bond acceptors (Lipinski definition) is 5. The van der Waals surface area contributed by atoms with Crippen LogP contribution in [0.2, 0.25) is 0 Å². The zero-order valence-electron chi connectivity index (χ0n) is 36.6. The van der Waals surface area contributed by atoms with Crippen LogP contribution in [0.5, 0.6) is 0 Å². The van der Waals surface area contributed by atoms with E-state index in [2.05, 4.69) is 185 Å². The van der Waals surface area contributed by atoms with E-state index >= 15 is 0 Å². The quantitative estimate of drug-likeness (QED) is 0.152. The molecule has 0 spiro atoms. The van der Waals surface area contributed by atoms with Crippen LogP contribution in [-0.2, 0) is 0 Å². The Morgan fingerprint density at radius 1 is 0.250 bits per heavy atom. The summed E-state index contributed by atoms with van der Waals surface area (Å²) in [6.07, 6.45) is 0. The third-order valence-electron chi connectivity index (χ3n) is 12.8. The van der Waals surface area contributed by atoms with Gasteiger partial charge in [-0.05, 0) is 47.5 Å². The minimum absolute atomic E-state index is 0.533. The lowest BCUT2D eigenvalue weighted by Gasteiger charge is -2.14. The SMILES string of the molecule is c1ccc(-c2cccc(-c3nc(-c4ccccc4)nc(-n4c5ccccc5c5ccc6c7ccccc7n(-c7cccc(-c8cc(-c9ccccc9)nc(-c9ccccc9)n8)c7)c6c54)n3)c2)cc1. The molecule has 4 aromatic heterocycles. The van der Waals surface area contributed by atoms with Crippen LogP contribution >= 0.6 is 0 Å². The van der Waals surface area contributed by atoms with Crippen LogP contribution in [0.4, 0.5) is 0 Å². The Labute approximate surface area is 392 Å². The molecule has 7 heteroatoms. The van der Waals surface area contributed by atoms with Crippen LogP contribution in [-0.4, -0.2) is 34.1 Å². The second kappa shape index (κ2) is 16.3. The normalized spacial score (nSPS) is 11.5. The molecular weight excluding hydrogens is 831 g/mol. The molecule has 7 nitrogen and oxygen atoms in total. The van der Waals surface area contributed by atoms with Gasteiger partial charge in [0.05, 0.1) is 33.5 Å². The third kappa shape index (κ3) is 6.72. The Morgan fingerprint density at radius 2 is 0.691 bits per heavy atom. The van der Waals surface area contributed by atoms with Gasteiger partial charge in [0.1, 0.15) is 0 Å². The highest BCUT2D eigenvalue weighted by molar-refractivity contribution is 6.23. The van der Waals surface area contributed by atoms with Crippen molar-refractivity contribution in [2.24, 2.45) is 0 Å². The van der Waals surface area contributed by atoms with Crippen molar-refractivity contribution in [2.45, 2.75) is 0 Å². The topological polar surface area (TPSA) is 74.3 Å². The molecular formula is C61H39N7. The summed E-state index contributed by atoms with van der Waals surface area (Å²) in [5, 5.41) is 4.46. The van der Waals surface area contributed by atoms with E-state index < -0.39 is 0 Å². The molecule has 0 aliphatic heterocycles. The summed E-state index contributed by atoms with van der Waals surface area (Å²) in [6, 6.07) is 82.1. The molecule has 0 unspecified atom stereocenters. The molecule has 0 saturated carbocycles. The molecule has 0 N–H and O–H groups in total. The van der Waals surface area contributed by atoms with Crippen molar-refractivity contribution in [3.8, 4) is 79.4 Å². The van der Waals surface area contributed by atoms with Gasteiger partial charge in [-0.15, -0.1) is 0 Å². The van der Waals surface area contributed by atoms with Gasteiger partial charge in [-0.25, -0.2) is 15.0 Å². The number of fused-ring (bicyclic) bond motifs is 7. The Bertz CT molecular complexity index is 3950. The average Bonchev–Trinajstić information content (AvgIpc) is 3.95. The van der Waals surface area contributed by atoms with Crippen molar-refractivity contribution >= 4 is 43.6 Å². The first-order valence-electron chi connectivity index (χ1n) is 22.8. The molecule has 0 aliphatic rings. The molecule has 4 heterocycles. The van der Waals surface area contributed by atoms with Crippen LogP contribution in [0.15, 0.2) is 237 Å². The fourth-order valence-electron chi connectivity index (χ4n) is 9.63. The fraction of sp³-hybridized carbons (Fsp3) is 0. The zero-order valence-corrected chi connectivity index (χ0v) is 36.6. The molecule has 0 radical (unpaired) electrons. The van der Waals surface area contributed by atoms with Crippen molar-refractivity contribution in [1.82, 2.24) is 34.1 Å². The summed E-state index contributed by atoms with van der Waals surface area (Å²) < 4.78 is 4.64. The highest BCUT2D eigenvalue weighted by atomic mass is 15.2. The molecule has 13 rings (SSSR count). The van der Waals surface area contributed by atoms with Gasteiger partial charge in [0, 0.05) is 55.0 Å². The Balaban J connectivity index is 1.07. The molecule has 0 saturated heterocycles. The van der Waals surface area contributed by atoms with Crippen molar-refractivity contribution in [2.75, 3.05) is 0 Å². The van der Waals surface area contributed by atoms with Crippen molar-refractivity contribution in [3.05, 3.63) is 237 Å². The van der Waals surface area contributed by atoms with Gasteiger partial charge in [-0.2, -0.15) is 9.97 Å². The number of aromatic nitrogens is 7. The van der Waals surface area contributed by atoms with E-state index in [4.69, 9.17) is 24.9 Å².